The fourth-order valence-electron chi connectivity index (χ4n) is 0. The summed E-state index contributed by atoms with van der Waals surface area (Å²) >= 11 is 0. The first-order chi connectivity index (χ1) is 3.73. The van der Waals surface area contributed by atoms with E-state index in [9.17, 15) is 0 Å². The first-order valence-electron chi connectivity index (χ1n) is 1.80. The Kier molecular flexibility index (Phi) is 89.6. The van der Waals surface area contributed by atoms with Crippen molar-refractivity contribution < 1.29 is 71.5 Å². The zero-order valence-corrected chi connectivity index (χ0v) is 9.33. The minimum absolute atomic E-state index is 0. The number of aliphatic carboxylic acids is 1. The predicted molar refractivity (Wildman–Crippen MR) is 27.0 cm³/mol. The molecule has 52 valence electrons. The van der Waals surface area contributed by atoms with Gasteiger partial charge in [-0.3, -0.25) is 0 Å². The molecule has 0 spiro atoms. The van der Waals surface area contributed by atoms with E-state index in [4.69, 9.17) is 20.1 Å². The molecule has 0 aromatic heterocycles. The van der Waals surface area contributed by atoms with Crippen LogP contribution in [0.3, 0.4) is 0 Å². The molecule has 0 aliphatic rings. The summed E-state index contributed by atoms with van der Waals surface area (Å²) < 4.78 is 0. The molecule has 0 amide bonds. The monoisotopic (exact) mass is 162 g/mol. The second kappa shape index (κ2) is 35.9. The second-order valence-corrected chi connectivity index (χ2v) is 0.492. The molecule has 0 aliphatic carbocycles. The van der Waals surface area contributed by atoms with Crippen LogP contribution in [-0.2, 0) is 4.79 Å². The maximum absolute atomic E-state index is 8.89. The molecule has 0 heterocycles. The van der Waals surface area contributed by atoms with Gasteiger partial charge in [-0.2, -0.15) is 0 Å². The van der Waals surface area contributed by atoms with Crippen molar-refractivity contribution in [3.8, 4) is 0 Å². The third-order valence-corrected chi connectivity index (χ3v) is 0. The van der Waals surface area contributed by atoms with Crippen LogP contribution in [0.25, 0.3) is 0 Å². The Morgan fingerprint density at radius 1 is 1.22 bits per heavy atom. The molecule has 0 saturated carbocycles. The van der Waals surface area contributed by atoms with Gasteiger partial charge >= 0.3 is 51.4 Å². The summed E-state index contributed by atoms with van der Waals surface area (Å²) in [7, 11) is 2.00. The molecule has 0 bridgehead atoms. The summed E-state index contributed by atoms with van der Waals surface area (Å²) in [6, 6.07) is 0. The first kappa shape index (κ1) is 22.5. The number of rotatable bonds is 0. The molecule has 0 aromatic rings. The van der Waals surface area contributed by atoms with Crippen molar-refractivity contribution >= 4 is 5.97 Å². The molecule has 5 heteroatoms. The molecule has 0 atom stereocenters. The van der Waals surface area contributed by atoms with Crippen molar-refractivity contribution in [3.05, 3.63) is 0 Å². The van der Waals surface area contributed by atoms with Gasteiger partial charge in [0.1, 0.15) is 0 Å². The molecule has 0 rings (SSSR count). The largest absolute Gasteiger partial charge is 1.00 e. The fourth-order valence-corrected chi connectivity index (χ4v) is 0. The standard InChI is InChI=1S/C2H4O2.2CH4O.K/c1-2(3)4;2*1-2;/h1H3,(H,3,4);2*2H,1H3;/q;;;+1/p-1. The van der Waals surface area contributed by atoms with Gasteiger partial charge in [-0.05, 0) is 6.92 Å². The van der Waals surface area contributed by atoms with E-state index in [1.807, 2.05) is 0 Å². The molecule has 0 aromatic carbocycles. The van der Waals surface area contributed by atoms with E-state index in [-0.39, 0.29) is 51.4 Å². The Bertz CT molecular complexity index is 35.5. The summed E-state index contributed by atoms with van der Waals surface area (Å²) in [6.45, 7) is 0.972. The molecule has 0 fully saturated rings. The quantitative estimate of drug-likeness (QED) is 0.349. The third-order valence-electron chi connectivity index (χ3n) is 0. The number of carboxylic acid groups (broad SMARTS) is 1. The smallest absolute Gasteiger partial charge is 0.550 e. The molecule has 0 radical (unpaired) electrons. The van der Waals surface area contributed by atoms with Gasteiger partial charge in [0.2, 0.25) is 0 Å². The molecule has 9 heavy (non-hydrogen) atoms. The minimum atomic E-state index is -1.08. The fraction of sp³-hybridized carbons (Fsp3) is 0.750. The van der Waals surface area contributed by atoms with Gasteiger partial charge in [0.05, 0.1) is 0 Å². The van der Waals surface area contributed by atoms with Gasteiger partial charge in [-0.15, -0.1) is 0 Å². The van der Waals surface area contributed by atoms with Crippen LogP contribution in [0.4, 0.5) is 0 Å². The summed E-state index contributed by atoms with van der Waals surface area (Å²) in [5, 5.41) is 22.9. The Hall–Kier alpha value is 1.03. The third kappa shape index (κ3) is 423. The number of hydrogen-bond donors (Lipinski definition) is 2. The Morgan fingerprint density at radius 2 is 1.22 bits per heavy atom. The summed E-state index contributed by atoms with van der Waals surface area (Å²) in [6.07, 6.45) is 0. The van der Waals surface area contributed by atoms with Gasteiger partial charge < -0.3 is 20.1 Å². The van der Waals surface area contributed by atoms with E-state index in [0.29, 0.717) is 0 Å². The van der Waals surface area contributed by atoms with Gasteiger partial charge in [-0.25, -0.2) is 0 Å². The molecular formula is C4H11KO4. The molecular weight excluding hydrogens is 151 g/mol. The number of carboxylic acids is 1. The van der Waals surface area contributed by atoms with Crippen molar-refractivity contribution in [2.45, 2.75) is 6.92 Å². The second-order valence-electron chi connectivity index (χ2n) is 0.492. The van der Waals surface area contributed by atoms with Gasteiger partial charge in [0, 0.05) is 20.2 Å². The van der Waals surface area contributed by atoms with E-state index in [2.05, 4.69) is 0 Å². The Balaban J connectivity index is -0.0000000221. The van der Waals surface area contributed by atoms with Crippen LogP contribution in [0.5, 0.6) is 0 Å². The molecule has 2 N–H and O–H groups in total. The van der Waals surface area contributed by atoms with Crippen LogP contribution in [0.1, 0.15) is 6.92 Å². The summed E-state index contributed by atoms with van der Waals surface area (Å²) in [4.78, 5) is 8.89. The average Bonchev–Trinajstić information content (AvgIpc) is 1.75. The van der Waals surface area contributed by atoms with E-state index in [1.54, 1.807) is 0 Å². The average molecular weight is 162 g/mol. The number of hydrogen-bond acceptors (Lipinski definition) is 4. The van der Waals surface area contributed by atoms with Crippen LogP contribution in [0.15, 0.2) is 0 Å². The Morgan fingerprint density at radius 3 is 1.22 bits per heavy atom. The van der Waals surface area contributed by atoms with Crippen molar-refractivity contribution in [2.24, 2.45) is 0 Å². The van der Waals surface area contributed by atoms with Crippen molar-refractivity contribution in [3.63, 3.8) is 0 Å². The van der Waals surface area contributed by atoms with E-state index in [0.717, 1.165) is 21.1 Å². The van der Waals surface area contributed by atoms with Crippen LogP contribution in [-0.4, -0.2) is 30.4 Å². The van der Waals surface area contributed by atoms with E-state index < -0.39 is 5.97 Å². The van der Waals surface area contributed by atoms with Crippen molar-refractivity contribution in [2.75, 3.05) is 14.2 Å². The van der Waals surface area contributed by atoms with E-state index in [1.165, 1.54) is 0 Å². The van der Waals surface area contributed by atoms with Crippen molar-refractivity contribution in [1.82, 2.24) is 0 Å². The van der Waals surface area contributed by atoms with Gasteiger partial charge in [-0.1, -0.05) is 0 Å². The Labute approximate surface area is 97.3 Å². The zero-order valence-electron chi connectivity index (χ0n) is 6.21. The maximum atomic E-state index is 8.89. The normalized spacial score (nSPS) is 4.11. The number of aliphatic hydroxyl groups excluding tert-OH is 2. The summed E-state index contributed by atoms with van der Waals surface area (Å²) in [5.41, 5.74) is 0. The first-order valence-corrected chi connectivity index (χ1v) is 1.80. The van der Waals surface area contributed by atoms with Crippen LogP contribution in [0.2, 0.25) is 0 Å². The van der Waals surface area contributed by atoms with Crippen LogP contribution >= 0.6 is 0 Å². The van der Waals surface area contributed by atoms with Gasteiger partial charge in [0.25, 0.3) is 0 Å². The number of carbonyl (C=O) groups is 1. The van der Waals surface area contributed by atoms with Crippen LogP contribution < -0.4 is 56.5 Å². The van der Waals surface area contributed by atoms with Crippen molar-refractivity contribution in [1.29, 1.82) is 0 Å². The summed E-state index contributed by atoms with van der Waals surface area (Å²) in [5.74, 6) is -1.08. The molecule has 0 saturated heterocycles. The predicted octanol–water partition coefficient (Wildman–Crippen LogP) is -5.02. The number of carbonyl (C=O) groups excluding carboxylic acids is 1. The van der Waals surface area contributed by atoms with Gasteiger partial charge in [0.15, 0.2) is 0 Å². The zero-order chi connectivity index (χ0) is 7.58. The number of aliphatic hydroxyl groups is 2. The van der Waals surface area contributed by atoms with Crippen LogP contribution in [0, 0.1) is 0 Å². The SMILES string of the molecule is CC(=O)[O-].CO.CO.[K+]. The minimum Gasteiger partial charge on any atom is -0.550 e. The van der Waals surface area contributed by atoms with E-state index >= 15 is 0 Å². The topological polar surface area (TPSA) is 80.6 Å². The molecule has 4 nitrogen and oxygen atoms in total. The molecule has 0 unspecified atom stereocenters. The molecule has 0 aliphatic heterocycles. The maximum Gasteiger partial charge on any atom is 1.00 e.